The van der Waals surface area contributed by atoms with Gasteiger partial charge >= 0.3 is 0 Å². The molecule has 0 radical (unpaired) electrons. The first-order chi connectivity index (χ1) is 13.2. The van der Waals surface area contributed by atoms with Crippen LogP contribution in [0.2, 0.25) is 0 Å². The number of amides is 1. The van der Waals surface area contributed by atoms with Crippen molar-refractivity contribution in [1.29, 1.82) is 0 Å². The van der Waals surface area contributed by atoms with Crippen LogP contribution in [0.4, 0.5) is 8.78 Å². The number of hydrogen-bond acceptors (Lipinski definition) is 5. The highest BCUT2D eigenvalue weighted by molar-refractivity contribution is 5.90. The monoisotopic (exact) mass is 387 g/mol. The molecule has 0 spiro atoms. The maximum atomic E-state index is 13.4. The smallest absolute Gasteiger partial charge is 0.267 e. The predicted molar refractivity (Wildman–Crippen MR) is 97.9 cm³/mol. The average molecular weight is 387 g/mol. The molecule has 1 aliphatic heterocycles. The molecule has 0 saturated carbocycles. The summed E-state index contributed by atoms with van der Waals surface area (Å²) in [5.41, 5.74) is 4.16. The van der Waals surface area contributed by atoms with Gasteiger partial charge < -0.3 is 20.8 Å². The number of halogens is 2. The zero-order valence-corrected chi connectivity index (χ0v) is 15.1. The zero-order chi connectivity index (χ0) is 20.5. The van der Waals surface area contributed by atoms with E-state index in [1.807, 2.05) is 0 Å². The molecule has 6 nitrogen and oxygen atoms in total. The predicted octanol–water partition coefficient (Wildman–Crippen LogP) is 1.58. The van der Waals surface area contributed by atoms with Crippen molar-refractivity contribution in [2.45, 2.75) is 24.7 Å². The Labute approximate surface area is 160 Å². The van der Waals surface area contributed by atoms with Gasteiger partial charge in [-0.2, -0.15) is 0 Å². The summed E-state index contributed by atoms with van der Waals surface area (Å²) in [5, 5.41) is 19.9. The molecule has 1 fully saturated rings. The molecule has 1 aromatic heterocycles. The number of aromatic nitrogens is 1. The van der Waals surface area contributed by atoms with Gasteiger partial charge in [0.15, 0.2) is 0 Å². The van der Waals surface area contributed by atoms with Crippen LogP contribution in [0.25, 0.3) is 11.3 Å². The largest absolute Gasteiger partial charge is 0.373 e. The van der Waals surface area contributed by atoms with Crippen LogP contribution in [-0.2, 0) is 4.79 Å². The highest BCUT2D eigenvalue weighted by Gasteiger charge is 2.42. The minimum absolute atomic E-state index is 0.0176. The average Bonchev–Trinajstić information content (AvgIpc) is 2.94. The molecule has 28 heavy (non-hydrogen) atoms. The Morgan fingerprint density at radius 2 is 2.07 bits per heavy atom. The lowest BCUT2D eigenvalue weighted by Gasteiger charge is -2.13. The SMILES string of the molecule is CN1CC[C@@](O)(C#Cc2cccc(-c3nc(C(N)O)ccc3C(F)F)c2)C1=O. The fraction of sp³-hybridized carbons (Fsp3) is 0.300. The van der Waals surface area contributed by atoms with Crippen molar-refractivity contribution in [3.63, 3.8) is 0 Å². The second-order valence-corrected chi connectivity index (χ2v) is 6.59. The highest BCUT2D eigenvalue weighted by Crippen LogP contribution is 2.31. The number of benzene rings is 1. The maximum Gasteiger partial charge on any atom is 0.267 e. The van der Waals surface area contributed by atoms with Gasteiger partial charge in [-0.3, -0.25) is 4.79 Å². The highest BCUT2D eigenvalue weighted by atomic mass is 19.3. The van der Waals surface area contributed by atoms with Gasteiger partial charge in [0.2, 0.25) is 5.60 Å². The van der Waals surface area contributed by atoms with Gasteiger partial charge in [0.1, 0.15) is 6.23 Å². The topological polar surface area (TPSA) is 99.7 Å². The van der Waals surface area contributed by atoms with E-state index >= 15 is 0 Å². The van der Waals surface area contributed by atoms with Crippen molar-refractivity contribution in [3.05, 3.63) is 53.2 Å². The Hall–Kier alpha value is -2.86. The molecule has 1 aliphatic rings. The van der Waals surface area contributed by atoms with E-state index in [1.54, 1.807) is 25.2 Å². The third-order valence-electron chi connectivity index (χ3n) is 4.55. The molecule has 4 N–H and O–H groups in total. The first kappa shape index (κ1) is 19.9. The van der Waals surface area contributed by atoms with E-state index in [0.717, 1.165) is 0 Å². The van der Waals surface area contributed by atoms with E-state index in [0.29, 0.717) is 17.7 Å². The summed E-state index contributed by atoms with van der Waals surface area (Å²) in [6, 6.07) is 8.76. The maximum absolute atomic E-state index is 13.4. The Morgan fingerprint density at radius 1 is 1.32 bits per heavy atom. The molecule has 146 valence electrons. The molecule has 3 rings (SSSR count). The molecule has 0 aliphatic carbocycles. The van der Waals surface area contributed by atoms with Crippen LogP contribution in [0.1, 0.15) is 35.9 Å². The first-order valence-corrected chi connectivity index (χ1v) is 8.55. The van der Waals surface area contributed by atoms with E-state index in [2.05, 4.69) is 16.8 Å². The van der Waals surface area contributed by atoms with Gasteiger partial charge in [-0.1, -0.05) is 24.0 Å². The lowest BCUT2D eigenvalue weighted by atomic mass is 10.0. The van der Waals surface area contributed by atoms with E-state index in [9.17, 15) is 23.8 Å². The zero-order valence-electron chi connectivity index (χ0n) is 15.1. The van der Waals surface area contributed by atoms with Crippen LogP contribution in [0.15, 0.2) is 36.4 Å². The number of aliphatic hydroxyl groups is 2. The quantitative estimate of drug-likeness (QED) is 0.549. The summed E-state index contributed by atoms with van der Waals surface area (Å²) in [4.78, 5) is 17.5. The molecule has 2 heterocycles. The summed E-state index contributed by atoms with van der Waals surface area (Å²) in [7, 11) is 1.58. The number of hydrogen-bond donors (Lipinski definition) is 3. The van der Waals surface area contributed by atoms with Crippen LogP contribution in [-0.4, -0.2) is 45.2 Å². The standard InChI is InChI=1S/C20H19F2N3O3/c1-25-10-9-20(28,19(25)27)8-7-12-3-2-4-13(11-12)16-14(17(21)22)5-6-15(24-16)18(23)26/h2-6,11,17-18,26,28H,9-10,23H2,1H3/t18?,20-/m0/s1. The van der Waals surface area contributed by atoms with Gasteiger partial charge in [-0.05, 0) is 24.3 Å². The first-order valence-electron chi connectivity index (χ1n) is 8.55. The van der Waals surface area contributed by atoms with Gasteiger partial charge in [0.25, 0.3) is 12.3 Å². The van der Waals surface area contributed by atoms with E-state index in [1.165, 1.54) is 23.1 Å². The molecule has 8 heteroatoms. The number of carbonyl (C=O) groups excluding carboxylic acids is 1. The summed E-state index contributed by atoms with van der Waals surface area (Å²) >= 11 is 0. The van der Waals surface area contributed by atoms with Crippen molar-refractivity contribution >= 4 is 5.91 Å². The second kappa shape index (κ2) is 7.64. The van der Waals surface area contributed by atoms with Gasteiger partial charge in [0, 0.05) is 36.7 Å². The van der Waals surface area contributed by atoms with Crippen molar-refractivity contribution < 1.29 is 23.8 Å². The van der Waals surface area contributed by atoms with Crippen LogP contribution >= 0.6 is 0 Å². The third-order valence-corrected chi connectivity index (χ3v) is 4.55. The Balaban J connectivity index is 2.00. The fourth-order valence-electron chi connectivity index (χ4n) is 2.95. The fourth-order valence-corrected chi connectivity index (χ4v) is 2.95. The number of likely N-dealkylation sites (N-methyl/N-ethyl adjacent to an activating group) is 1. The third kappa shape index (κ3) is 3.87. The molecule has 1 unspecified atom stereocenters. The summed E-state index contributed by atoms with van der Waals surface area (Å²) in [5.74, 6) is 4.85. The van der Waals surface area contributed by atoms with Gasteiger partial charge in [-0.15, -0.1) is 0 Å². The van der Waals surface area contributed by atoms with Crippen molar-refractivity contribution in [1.82, 2.24) is 9.88 Å². The van der Waals surface area contributed by atoms with Gasteiger partial charge in [-0.25, -0.2) is 13.8 Å². The number of nitrogens with two attached hydrogens (primary N) is 1. The normalized spacial score (nSPS) is 20.2. The van der Waals surface area contributed by atoms with Crippen LogP contribution < -0.4 is 5.73 Å². The van der Waals surface area contributed by atoms with Crippen molar-refractivity contribution in [2.75, 3.05) is 13.6 Å². The lowest BCUT2D eigenvalue weighted by molar-refractivity contribution is -0.137. The van der Waals surface area contributed by atoms with E-state index in [-0.39, 0.29) is 23.4 Å². The Bertz CT molecular complexity index is 969. The van der Waals surface area contributed by atoms with Crippen LogP contribution in [0.5, 0.6) is 0 Å². The Morgan fingerprint density at radius 3 is 2.68 bits per heavy atom. The minimum atomic E-state index is -2.77. The molecular formula is C20H19F2N3O3. The second-order valence-electron chi connectivity index (χ2n) is 6.59. The molecule has 2 aromatic rings. The molecule has 2 atom stereocenters. The number of aliphatic hydroxyl groups excluding tert-OH is 1. The summed E-state index contributed by atoms with van der Waals surface area (Å²) in [6.07, 6.45) is -3.97. The van der Waals surface area contributed by atoms with Crippen molar-refractivity contribution in [3.8, 4) is 23.1 Å². The van der Waals surface area contributed by atoms with Crippen molar-refractivity contribution in [2.24, 2.45) is 5.73 Å². The number of rotatable bonds is 3. The van der Waals surface area contributed by atoms with Crippen LogP contribution in [0, 0.1) is 11.8 Å². The molecular weight excluding hydrogens is 368 g/mol. The lowest BCUT2D eigenvalue weighted by Crippen LogP contribution is -2.37. The number of carbonyl (C=O) groups is 1. The number of alkyl halides is 2. The minimum Gasteiger partial charge on any atom is -0.373 e. The number of nitrogens with zero attached hydrogens (tertiary/aromatic N) is 2. The number of pyridine rings is 1. The molecule has 1 aromatic carbocycles. The Kier molecular flexibility index (Phi) is 5.42. The summed E-state index contributed by atoms with van der Waals surface area (Å²) < 4.78 is 26.8. The molecule has 1 saturated heterocycles. The molecule has 1 amide bonds. The van der Waals surface area contributed by atoms with Gasteiger partial charge in [0.05, 0.1) is 11.4 Å². The molecule has 0 bridgehead atoms. The summed E-state index contributed by atoms with van der Waals surface area (Å²) in [6.45, 7) is 0.403. The number of likely N-dealkylation sites (tertiary alicyclic amines) is 1. The van der Waals surface area contributed by atoms with E-state index < -0.39 is 24.2 Å². The van der Waals surface area contributed by atoms with E-state index in [4.69, 9.17) is 5.73 Å². The van der Waals surface area contributed by atoms with Crippen LogP contribution in [0.3, 0.4) is 0 Å².